The Balaban J connectivity index is 2.10. The Bertz CT molecular complexity index is 617. The Morgan fingerprint density at radius 3 is 2.74 bits per heavy atom. The van der Waals surface area contributed by atoms with Crippen molar-refractivity contribution < 1.29 is 14.1 Å². The molecule has 0 atom stereocenters. The van der Waals surface area contributed by atoms with Gasteiger partial charge in [-0.2, -0.15) is 0 Å². The molecule has 0 bridgehead atoms. The van der Waals surface area contributed by atoms with Crippen molar-refractivity contribution in [1.29, 1.82) is 0 Å². The van der Waals surface area contributed by atoms with Crippen LogP contribution in [0.2, 0.25) is 0 Å². The van der Waals surface area contributed by atoms with Gasteiger partial charge in [0.05, 0.1) is 12.6 Å². The Kier molecular flexibility index (Phi) is 3.66. The van der Waals surface area contributed by atoms with Gasteiger partial charge in [0.1, 0.15) is 4.92 Å². The maximum absolute atomic E-state index is 12.0. The summed E-state index contributed by atoms with van der Waals surface area (Å²) < 4.78 is 4.89. The van der Waals surface area contributed by atoms with Crippen molar-refractivity contribution in [2.75, 3.05) is 7.05 Å². The zero-order valence-corrected chi connectivity index (χ0v) is 11.3. The number of hydrogen-bond donors (Lipinski definition) is 0. The minimum atomic E-state index is -0.666. The molecule has 0 aliphatic heterocycles. The van der Waals surface area contributed by atoms with Gasteiger partial charge in [-0.15, -0.1) is 11.3 Å². The van der Waals surface area contributed by atoms with E-state index >= 15 is 0 Å². The van der Waals surface area contributed by atoms with Crippen molar-refractivity contribution in [2.24, 2.45) is 0 Å². The van der Waals surface area contributed by atoms with Crippen molar-refractivity contribution in [1.82, 2.24) is 4.90 Å². The molecule has 0 aliphatic carbocycles. The summed E-state index contributed by atoms with van der Waals surface area (Å²) >= 11 is 1.57. The summed E-state index contributed by atoms with van der Waals surface area (Å²) in [6.45, 7) is 2.43. The Morgan fingerprint density at radius 1 is 1.47 bits per heavy atom. The van der Waals surface area contributed by atoms with Crippen LogP contribution in [0.15, 0.2) is 28.0 Å². The SMILES string of the molecule is Cc1ccsc1CN(C)C(=O)c1ccc([N+](=O)[O-])o1. The van der Waals surface area contributed by atoms with E-state index in [0.717, 1.165) is 10.4 Å². The first-order valence-electron chi connectivity index (χ1n) is 5.51. The zero-order chi connectivity index (χ0) is 14.0. The molecule has 0 spiro atoms. The molecular formula is C12H12N2O4S. The van der Waals surface area contributed by atoms with Crippen LogP contribution in [0, 0.1) is 17.0 Å². The van der Waals surface area contributed by atoms with E-state index in [0.29, 0.717) is 6.54 Å². The second-order valence-corrected chi connectivity index (χ2v) is 5.08. The second kappa shape index (κ2) is 5.23. The number of nitro groups is 1. The highest BCUT2D eigenvalue weighted by atomic mass is 32.1. The summed E-state index contributed by atoms with van der Waals surface area (Å²) in [7, 11) is 1.63. The van der Waals surface area contributed by atoms with E-state index in [4.69, 9.17) is 4.42 Å². The standard InChI is InChI=1S/C12H12N2O4S/c1-8-5-6-19-10(8)7-13(2)12(15)9-3-4-11(18-9)14(16)17/h3-6H,7H2,1-2H3. The molecule has 0 N–H and O–H groups in total. The van der Waals surface area contributed by atoms with Crippen molar-refractivity contribution >= 4 is 23.1 Å². The normalized spacial score (nSPS) is 10.4. The molecule has 0 saturated carbocycles. The monoisotopic (exact) mass is 280 g/mol. The highest BCUT2D eigenvalue weighted by Crippen LogP contribution is 2.20. The first-order chi connectivity index (χ1) is 8.99. The molecule has 0 fully saturated rings. The third kappa shape index (κ3) is 2.82. The van der Waals surface area contributed by atoms with Gasteiger partial charge in [0.2, 0.25) is 0 Å². The summed E-state index contributed by atoms with van der Waals surface area (Å²) in [5.74, 6) is -0.826. The smallest absolute Gasteiger partial charge is 0.395 e. The summed E-state index contributed by atoms with van der Waals surface area (Å²) in [5.41, 5.74) is 1.12. The predicted molar refractivity (Wildman–Crippen MR) is 70.2 cm³/mol. The summed E-state index contributed by atoms with van der Waals surface area (Å²) in [4.78, 5) is 24.4. The zero-order valence-electron chi connectivity index (χ0n) is 10.5. The van der Waals surface area contributed by atoms with E-state index < -0.39 is 10.8 Å². The van der Waals surface area contributed by atoms with Crippen molar-refractivity contribution in [3.63, 3.8) is 0 Å². The van der Waals surface area contributed by atoms with Gasteiger partial charge in [-0.25, -0.2) is 0 Å². The third-order valence-electron chi connectivity index (χ3n) is 2.68. The van der Waals surface area contributed by atoms with Gasteiger partial charge < -0.3 is 9.32 Å². The highest BCUT2D eigenvalue weighted by Gasteiger charge is 2.20. The van der Waals surface area contributed by atoms with E-state index in [-0.39, 0.29) is 11.7 Å². The number of aryl methyl sites for hydroxylation is 1. The molecule has 100 valence electrons. The van der Waals surface area contributed by atoms with Gasteiger partial charge >= 0.3 is 5.88 Å². The van der Waals surface area contributed by atoms with Crippen LogP contribution >= 0.6 is 11.3 Å². The lowest BCUT2D eigenvalue weighted by atomic mass is 10.3. The molecule has 2 aromatic rings. The van der Waals surface area contributed by atoms with E-state index in [1.54, 1.807) is 18.4 Å². The number of hydrogen-bond acceptors (Lipinski definition) is 5. The molecule has 0 saturated heterocycles. The summed E-state index contributed by atoms with van der Waals surface area (Å²) in [6, 6.07) is 4.48. The maximum atomic E-state index is 12.0. The van der Waals surface area contributed by atoms with E-state index in [2.05, 4.69) is 0 Å². The molecule has 2 heterocycles. The number of nitrogens with zero attached hydrogens (tertiary/aromatic N) is 2. The predicted octanol–water partition coefficient (Wildman–Crippen LogP) is 2.83. The number of carbonyl (C=O) groups excluding carboxylic acids is 1. The first-order valence-corrected chi connectivity index (χ1v) is 6.39. The van der Waals surface area contributed by atoms with Crippen molar-refractivity contribution in [3.8, 4) is 0 Å². The fraction of sp³-hybridized carbons (Fsp3) is 0.250. The lowest BCUT2D eigenvalue weighted by molar-refractivity contribution is -0.402. The Labute approximate surface area is 113 Å². The van der Waals surface area contributed by atoms with Crippen molar-refractivity contribution in [3.05, 3.63) is 49.9 Å². The molecule has 19 heavy (non-hydrogen) atoms. The highest BCUT2D eigenvalue weighted by molar-refractivity contribution is 7.10. The third-order valence-corrected chi connectivity index (χ3v) is 3.69. The van der Waals surface area contributed by atoms with Crippen molar-refractivity contribution in [2.45, 2.75) is 13.5 Å². The van der Waals surface area contributed by atoms with Crippen LogP contribution in [0.5, 0.6) is 0 Å². The van der Waals surface area contributed by atoms with Gasteiger partial charge in [0, 0.05) is 11.9 Å². The van der Waals surface area contributed by atoms with Gasteiger partial charge in [0.25, 0.3) is 5.91 Å². The first kappa shape index (κ1) is 13.3. The van der Waals surface area contributed by atoms with Crippen LogP contribution in [0.25, 0.3) is 0 Å². The topological polar surface area (TPSA) is 76.6 Å². The van der Waals surface area contributed by atoms with Gasteiger partial charge in [0.15, 0.2) is 5.76 Å². The van der Waals surface area contributed by atoms with Crippen LogP contribution in [-0.2, 0) is 6.54 Å². The lowest BCUT2D eigenvalue weighted by Crippen LogP contribution is -2.25. The lowest BCUT2D eigenvalue weighted by Gasteiger charge is -2.14. The molecule has 2 rings (SSSR count). The second-order valence-electron chi connectivity index (χ2n) is 4.08. The molecule has 6 nitrogen and oxygen atoms in total. The Morgan fingerprint density at radius 2 is 2.21 bits per heavy atom. The van der Waals surface area contributed by atoms with Crippen LogP contribution in [-0.4, -0.2) is 22.8 Å². The van der Waals surface area contributed by atoms with E-state index in [1.807, 2.05) is 18.4 Å². The summed E-state index contributed by atoms with van der Waals surface area (Å²) in [5, 5.41) is 12.5. The molecule has 0 radical (unpaired) electrons. The van der Waals surface area contributed by atoms with Crippen LogP contribution in [0.1, 0.15) is 21.0 Å². The number of amides is 1. The molecule has 1 amide bonds. The molecule has 0 unspecified atom stereocenters. The van der Waals surface area contributed by atoms with E-state index in [9.17, 15) is 14.9 Å². The number of rotatable bonds is 4. The quantitative estimate of drug-likeness (QED) is 0.637. The number of furan rings is 1. The largest absolute Gasteiger partial charge is 0.433 e. The van der Waals surface area contributed by atoms with Crippen LogP contribution < -0.4 is 0 Å². The van der Waals surface area contributed by atoms with Gasteiger partial charge in [-0.05, 0) is 30.0 Å². The maximum Gasteiger partial charge on any atom is 0.433 e. The minimum absolute atomic E-state index is 0.0246. The average Bonchev–Trinajstić information content (AvgIpc) is 2.98. The van der Waals surface area contributed by atoms with E-state index in [1.165, 1.54) is 17.0 Å². The van der Waals surface area contributed by atoms with Gasteiger partial charge in [-0.1, -0.05) is 0 Å². The fourth-order valence-electron chi connectivity index (χ4n) is 1.58. The number of thiophene rings is 1. The molecule has 0 aromatic carbocycles. The van der Waals surface area contributed by atoms with Crippen LogP contribution in [0.3, 0.4) is 0 Å². The summed E-state index contributed by atoms with van der Waals surface area (Å²) in [6.07, 6.45) is 0. The van der Waals surface area contributed by atoms with Crippen LogP contribution in [0.4, 0.5) is 5.88 Å². The molecule has 2 aromatic heterocycles. The minimum Gasteiger partial charge on any atom is -0.395 e. The molecule has 7 heteroatoms. The molecular weight excluding hydrogens is 268 g/mol. The fourth-order valence-corrected chi connectivity index (χ4v) is 2.54. The average molecular weight is 280 g/mol. The number of carbonyl (C=O) groups is 1. The molecule has 0 aliphatic rings. The Hall–Kier alpha value is -2.15. The van der Waals surface area contributed by atoms with Gasteiger partial charge in [-0.3, -0.25) is 14.9 Å².